The number of nitrogens with one attached hydrogen (secondary N) is 1. The number of anilines is 2. The Morgan fingerprint density at radius 2 is 2.19 bits per heavy atom. The van der Waals surface area contributed by atoms with Gasteiger partial charge >= 0.3 is 0 Å². The third kappa shape index (κ3) is 2.74. The lowest BCUT2D eigenvalue weighted by Crippen LogP contribution is -2.23. The summed E-state index contributed by atoms with van der Waals surface area (Å²) in [5.74, 6) is 0.824. The molecule has 3 rings (SSSR count). The lowest BCUT2D eigenvalue weighted by atomic mass is 10.0. The number of hydrogen-bond acceptors (Lipinski definition) is 5. The molecule has 0 radical (unpaired) electrons. The highest BCUT2D eigenvalue weighted by Crippen LogP contribution is 2.31. The van der Waals surface area contributed by atoms with Crippen LogP contribution < -0.4 is 11.1 Å². The molecule has 0 bridgehead atoms. The Balaban J connectivity index is 1.83. The first kappa shape index (κ1) is 13.9. The number of nitrogens with zero attached hydrogens (tertiary/aromatic N) is 2. The van der Waals surface area contributed by atoms with Gasteiger partial charge in [0, 0.05) is 18.2 Å². The van der Waals surface area contributed by atoms with Gasteiger partial charge in [0.25, 0.3) is 0 Å². The lowest BCUT2D eigenvalue weighted by molar-refractivity contribution is 0.393. The van der Waals surface area contributed by atoms with Crippen LogP contribution in [0.3, 0.4) is 0 Å². The second kappa shape index (κ2) is 5.41. The summed E-state index contributed by atoms with van der Waals surface area (Å²) in [7, 11) is 2.14. The van der Waals surface area contributed by atoms with Gasteiger partial charge in [-0.25, -0.2) is 0 Å². The van der Waals surface area contributed by atoms with Crippen LogP contribution in [0.25, 0.3) is 11.1 Å². The Morgan fingerprint density at radius 3 is 2.76 bits per heavy atom. The molecule has 0 saturated carbocycles. The monoisotopic (exact) mass is 286 g/mol. The van der Waals surface area contributed by atoms with Gasteiger partial charge in [-0.3, -0.25) is 0 Å². The minimum absolute atomic E-state index is 0.474. The molecule has 0 unspecified atom stereocenters. The van der Waals surface area contributed by atoms with Crippen LogP contribution in [0.1, 0.15) is 17.9 Å². The quantitative estimate of drug-likeness (QED) is 0.849. The second-order valence-corrected chi connectivity index (χ2v) is 5.89. The number of aryl methyl sites for hydroxylation is 2. The fourth-order valence-corrected chi connectivity index (χ4v) is 3.02. The number of aromatic nitrogens is 1. The van der Waals surface area contributed by atoms with Crippen LogP contribution in [-0.2, 0) is 0 Å². The highest BCUT2D eigenvalue weighted by Gasteiger charge is 2.20. The zero-order valence-corrected chi connectivity index (χ0v) is 12.8. The predicted octanol–water partition coefficient (Wildman–Crippen LogP) is 2.66. The summed E-state index contributed by atoms with van der Waals surface area (Å²) in [4.78, 5) is 2.33. The summed E-state index contributed by atoms with van der Waals surface area (Å²) in [6, 6.07) is 6.59. The number of likely N-dealkylation sites (tertiary alicyclic amines) is 1. The Morgan fingerprint density at radius 1 is 1.38 bits per heavy atom. The van der Waals surface area contributed by atoms with E-state index >= 15 is 0 Å². The van der Waals surface area contributed by atoms with Gasteiger partial charge in [0.2, 0.25) is 0 Å². The zero-order chi connectivity index (χ0) is 15.0. The van der Waals surface area contributed by atoms with Gasteiger partial charge in [-0.1, -0.05) is 11.2 Å². The summed E-state index contributed by atoms with van der Waals surface area (Å²) in [6.45, 7) is 6.06. The van der Waals surface area contributed by atoms with E-state index in [1.807, 2.05) is 19.9 Å². The molecular formula is C16H22N4O. The van der Waals surface area contributed by atoms with Crippen LogP contribution in [-0.4, -0.2) is 36.2 Å². The molecule has 1 aliphatic rings. The summed E-state index contributed by atoms with van der Waals surface area (Å²) in [6.07, 6.45) is 1.15. The van der Waals surface area contributed by atoms with E-state index in [-0.39, 0.29) is 0 Å². The van der Waals surface area contributed by atoms with Crippen LogP contribution in [0.5, 0.6) is 0 Å². The van der Waals surface area contributed by atoms with Crippen molar-refractivity contribution in [1.29, 1.82) is 0 Å². The van der Waals surface area contributed by atoms with Gasteiger partial charge in [0.15, 0.2) is 0 Å². The largest absolute Gasteiger partial charge is 0.397 e. The van der Waals surface area contributed by atoms with Crippen molar-refractivity contribution in [2.24, 2.45) is 0 Å². The molecule has 3 N–H and O–H groups in total. The predicted molar refractivity (Wildman–Crippen MR) is 85.4 cm³/mol. The van der Waals surface area contributed by atoms with E-state index in [0.717, 1.165) is 53.5 Å². The summed E-state index contributed by atoms with van der Waals surface area (Å²) < 4.78 is 5.23. The number of benzene rings is 1. The molecule has 1 atom stereocenters. The first-order valence-corrected chi connectivity index (χ1v) is 7.32. The fraction of sp³-hybridized carbons (Fsp3) is 0.438. The molecule has 2 aromatic rings. The van der Waals surface area contributed by atoms with Crippen molar-refractivity contribution in [2.45, 2.75) is 26.3 Å². The van der Waals surface area contributed by atoms with E-state index in [1.165, 1.54) is 0 Å². The fourth-order valence-electron chi connectivity index (χ4n) is 3.02. The molecule has 21 heavy (non-hydrogen) atoms. The molecule has 1 saturated heterocycles. The average molecular weight is 286 g/mol. The maximum atomic E-state index is 6.21. The summed E-state index contributed by atoms with van der Waals surface area (Å²) in [5.41, 5.74) is 11.0. The maximum Gasteiger partial charge on any atom is 0.141 e. The van der Waals surface area contributed by atoms with Gasteiger partial charge in [-0.15, -0.1) is 0 Å². The standard InChI is InChI=1S/C16H22N4O/c1-10-16(11(2)21-19-10)12-4-5-15(14(17)8-12)18-13-6-7-20(3)9-13/h4-5,8,13,18H,6-7,9,17H2,1-3H3/t13-/m1/s1. The molecule has 0 spiro atoms. The molecule has 0 amide bonds. The third-order valence-electron chi connectivity index (χ3n) is 4.12. The molecule has 5 heteroatoms. The SMILES string of the molecule is Cc1noc(C)c1-c1ccc(N[C@@H]2CCN(C)C2)c(N)c1. The van der Waals surface area contributed by atoms with Crippen LogP contribution in [0, 0.1) is 13.8 Å². The molecule has 112 valence electrons. The molecule has 1 aromatic heterocycles. The normalized spacial score (nSPS) is 19.1. The Bertz CT molecular complexity index is 630. The van der Waals surface area contributed by atoms with Crippen molar-refractivity contribution in [3.8, 4) is 11.1 Å². The minimum Gasteiger partial charge on any atom is -0.397 e. The van der Waals surface area contributed by atoms with Gasteiger partial charge in [-0.2, -0.15) is 0 Å². The first-order valence-electron chi connectivity index (χ1n) is 7.32. The smallest absolute Gasteiger partial charge is 0.141 e. The van der Waals surface area contributed by atoms with Gasteiger partial charge in [0.05, 0.1) is 17.1 Å². The van der Waals surface area contributed by atoms with E-state index < -0.39 is 0 Å². The molecule has 5 nitrogen and oxygen atoms in total. The van der Waals surface area contributed by atoms with Crippen molar-refractivity contribution in [3.63, 3.8) is 0 Å². The number of likely N-dealkylation sites (N-methyl/N-ethyl adjacent to an activating group) is 1. The van der Waals surface area contributed by atoms with E-state index in [9.17, 15) is 0 Å². The minimum atomic E-state index is 0.474. The molecule has 0 aliphatic carbocycles. The van der Waals surface area contributed by atoms with E-state index in [1.54, 1.807) is 0 Å². The number of nitrogen functional groups attached to an aromatic ring is 1. The summed E-state index contributed by atoms with van der Waals surface area (Å²) >= 11 is 0. The molecular weight excluding hydrogens is 264 g/mol. The lowest BCUT2D eigenvalue weighted by Gasteiger charge is -2.16. The van der Waals surface area contributed by atoms with Crippen molar-refractivity contribution >= 4 is 11.4 Å². The molecule has 2 heterocycles. The average Bonchev–Trinajstić information content (AvgIpc) is 2.99. The molecule has 1 aromatic carbocycles. The second-order valence-electron chi connectivity index (χ2n) is 5.89. The van der Waals surface area contributed by atoms with Crippen molar-refractivity contribution < 1.29 is 4.52 Å². The first-order chi connectivity index (χ1) is 10.0. The molecule has 1 fully saturated rings. The van der Waals surface area contributed by atoms with Gasteiger partial charge in [0.1, 0.15) is 5.76 Å². The Kier molecular flexibility index (Phi) is 3.59. The highest BCUT2D eigenvalue weighted by atomic mass is 16.5. The van der Waals surface area contributed by atoms with Gasteiger partial charge < -0.3 is 20.5 Å². The van der Waals surface area contributed by atoms with Gasteiger partial charge in [-0.05, 0) is 51.6 Å². The number of nitrogens with two attached hydrogens (primary N) is 1. The Hall–Kier alpha value is -2.01. The number of rotatable bonds is 3. The third-order valence-corrected chi connectivity index (χ3v) is 4.12. The maximum absolute atomic E-state index is 6.21. The topological polar surface area (TPSA) is 67.3 Å². The van der Waals surface area contributed by atoms with Crippen molar-refractivity contribution in [3.05, 3.63) is 29.7 Å². The summed E-state index contributed by atoms with van der Waals surface area (Å²) in [5, 5.41) is 7.53. The molecule has 1 aliphatic heterocycles. The van der Waals surface area contributed by atoms with E-state index in [4.69, 9.17) is 10.3 Å². The van der Waals surface area contributed by atoms with Crippen LogP contribution in [0.4, 0.5) is 11.4 Å². The Labute approximate surface area is 125 Å². The van der Waals surface area contributed by atoms with E-state index in [0.29, 0.717) is 6.04 Å². The highest BCUT2D eigenvalue weighted by molar-refractivity contribution is 5.77. The van der Waals surface area contributed by atoms with Crippen molar-refractivity contribution in [1.82, 2.24) is 10.1 Å². The van der Waals surface area contributed by atoms with Crippen LogP contribution in [0.2, 0.25) is 0 Å². The number of hydrogen-bond donors (Lipinski definition) is 2. The zero-order valence-electron chi connectivity index (χ0n) is 12.8. The van der Waals surface area contributed by atoms with Crippen LogP contribution in [0.15, 0.2) is 22.7 Å². The van der Waals surface area contributed by atoms with E-state index in [2.05, 4.69) is 34.6 Å². The van der Waals surface area contributed by atoms with Crippen LogP contribution >= 0.6 is 0 Å². The van der Waals surface area contributed by atoms with Crippen molar-refractivity contribution in [2.75, 3.05) is 31.2 Å².